The fourth-order valence-corrected chi connectivity index (χ4v) is 2.65. The Balaban J connectivity index is 1.81. The highest BCUT2D eigenvalue weighted by Gasteiger charge is 2.02. The van der Waals surface area contributed by atoms with E-state index in [0.717, 1.165) is 33.7 Å². The van der Waals surface area contributed by atoms with Crippen LogP contribution in [0.2, 0.25) is 5.02 Å². The van der Waals surface area contributed by atoms with Crippen molar-refractivity contribution >= 4 is 28.9 Å². The molecule has 0 aliphatic heterocycles. The Kier molecular flexibility index (Phi) is 6.02. The van der Waals surface area contributed by atoms with Crippen LogP contribution < -0.4 is 10.6 Å². The van der Waals surface area contributed by atoms with Gasteiger partial charge in [-0.15, -0.1) is 11.3 Å². The normalized spacial score (nSPS) is 11.5. The van der Waals surface area contributed by atoms with Crippen molar-refractivity contribution in [2.24, 2.45) is 4.99 Å². The number of rotatable bonds is 5. The molecule has 6 heteroatoms. The van der Waals surface area contributed by atoms with Crippen LogP contribution in [0.15, 0.2) is 34.6 Å². The molecule has 0 saturated carbocycles. The summed E-state index contributed by atoms with van der Waals surface area (Å²) in [7, 11) is 1.76. The number of thiazole rings is 1. The van der Waals surface area contributed by atoms with Crippen LogP contribution in [0.25, 0.3) is 0 Å². The van der Waals surface area contributed by atoms with Crippen molar-refractivity contribution in [2.45, 2.75) is 26.4 Å². The number of nitrogens with zero attached hydrogens (tertiary/aromatic N) is 2. The molecule has 1 heterocycles. The predicted octanol–water partition coefficient (Wildman–Crippen LogP) is 3.22. The average Bonchev–Trinajstić information content (AvgIpc) is 2.97. The number of benzene rings is 1. The molecule has 1 aromatic heterocycles. The second-order valence-corrected chi connectivity index (χ2v) is 5.87. The van der Waals surface area contributed by atoms with E-state index >= 15 is 0 Å². The maximum absolute atomic E-state index is 5.87. The number of hydrogen-bond acceptors (Lipinski definition) is 3. The van der Waals surface area contributed by atoms with Gasteiger partial charge < -0.3 is 10.6 Å². The average molecular weight is 323 g/mol. The van der Waals surface area contributed by atoms with Crippen molar-refractivity contribution in [1.82, 2.24) is 15.6 Å². The van der Waals surface area contributed by atoms with Gasteiger partial charge in [0, 0.05) is 24.0 Å². The molecule has 2 N–H and O–H groups in total. The SMILES string of the molecule is CCc1nc(CNC(=NC)NCc2ccc(Cl)cc2)cs1. The van der Waals surface area contributed by atoms with Gasteiger partial charge >= 0.3 is 0 Å². The van der Waals surface area contributed by atoms with Crippen molar-refractivity contribution in [3.05, 3.63) is 50.9 Å². The molecule has 0 atom stereocenters. The first-order valence-corrected chi connectivity index (χ1v) is 8.09. The van der Waals surface area contributed by atoms with Crippen LogP contribution >= 0.6 is 22.9 Å². The van der Waals surface area contributed by atoms with Crippen molar-refractivity contribution in [3.8, 4) is 0 Å². The Morgan fingerprint density at radius 2 is 1.95 bits per heavy atom. The van der Waals surface area contributed by atoms with Gasteiger partial charge in [-0.1, -0.05) is 30.7 Å². The van der Waals surface area contributed by atoms with Crippen LogP contribution in [-0.2, 0) is 19.5 Å². The minimum absolute atomic E-state index is 0.677. The van der Waals surface area contributed by atoms with Crippen LogP contribution in [0.3, 0.4) is 0 Å². The van der Waals surface area contributed by atoms with Gasteiger partial charge in [0.15, 0.2) is 5.96 Å². The van der Waals surface area contributed by atoms with Gasteiger partial charge in [0.1, 0.15) is 0 Å². The lowest BCUT2D eigenvalue weighted by molar-refractivity contribution is 0.795. The number of aliphatic imine (C=N–C) groups is 1. The van der Waals surface area contributed by atoms with E-state index in [1.807, 2.05) is 24.3 Å². The summed E-state index contributed by atoms with van der Waals surface area (Å²) in [6.45, 7) is 3.49. The van der Waals surface area contributed by atoms with Crippen LogP contribution in [-0.4, -0.2) is 18.0 Å². The van der Waals surface area contributed by atoms with Gasteiger partial charge in [0.25, 0.3) is 0 Å². The first-order chi connectivity index (χ1) is 10.2. The maximum atomic E-state index is 5.87. The van der Waals surface area contributed by atoms with Crippen molar-refractivity contribution in [3.63, 3.8) is 0 Å². The summed E-state index contributed by atoms with van der Waals surface area (Å²) in [5.41, 5.74) is 2.20. The van der Waals surface area contributed by atoms with E-state index in [0.29, 0.717) is 13.1 Å². The number of aryl methyl sites for hydroxylation is 1. The predicted molar refractivity (Wildman–Crippen MR) is 90.0 cm³/mol. The van der Waals surface area contributed by atoms with Gasteiger partial charge in [0.05, 0.1) is 17.2 Å². The van der Waals surface area contributed by atoms with Gasteiger partial charge in [-0.05, 0) is 24.1 Å². The lowest BCUT2D eigenvalue weighted by Gasteiger charge is -2.11. The van der Waals surface area contributed by atoms with E-state index in [1.165, 1.54) is 0 Å². The summed E-state index contributed by atoms with van der Waals surface area (Å²) in [5, 5.41) is 10.5. The zero-order valence-corrected chi connectivity index (χ0v) is 13.8. The minimum Gasteiger partial charge on any atom is -0.352 e. The van der Waals surface area contributed by atoms with Crippen molar-refractivity contribution in [2.75, 3.05) is 7.05 Å². The standard InChI is InChI=1S/C15H19ClN4S/c1-3-14-20-13(10-21-14)9-19-15(17-2)18-8-11-4-6-12(16)7-5-11/h4-7,10H,3,8-9H2,1-2H3,(H2,17,18,19). The van der Waals surface area contributed by atoms with Crippen molar-refractivity contribution < 1.29 is 0 Å². The van der Waals surface area contributed by atoms with Gasteiger partial charge in [-0.25, -0.2) is 4.98 Å². The Morgan fingerprint density at radius 3 is 2.57 bits per heavy atom. The molecule has 2 rings (SSSR count). The van der Waals surface area contributed by atoms with Crippen LogP contribution in [0, 0.1) is 0 Å². The zero-order chi connectivity index (χ0) is 15.1. The molecule has 0 aliphatic carbocycles. The number of nitrogens with one attached hydrogen (secondary N) is 2. The lowest BCUT2D eigenvalue weighted by Crippen LogP contribution is -2.36. The summed E-state index contributed by atoms with van der Waals surface area (Å²) in [6.07, 6.45) is 0.980. The van der Waals surface area contributed by atoms with Crippen LogP contribution in [0.1, 0.15) is 23.2 Å². The lowest BCUT2D eigenvalue weighted by atomic mass is 10.2. The Hall–Kier alpha value is -1.59. The third kappa shape index (κ3) is 5.02. The topological polar surface area (TPSA) is 49.3 Å². The van der Waals surface area contributed by atoms with Crippen molar-refractivity contribution in [1.29, 1.82) is 0 Å². The molecule has 112 valence electrons. The molecule has 0 spiro atoms. The third-order valence-electron chi connectivity index (χ3n) is 2.94. The molecule has 0 unspecified atom stereocenters. The molecule has 4 nitrogen and oxygen atoms in total. The highest BCUT2D eigenvalue weighted by molar-refractivity contribution is 7.09. The number of aromatic nitrogens is 1. The van der Waals surface area contributed by atoms with E-state index in [9.17, 15) is 0 Å². The Morgan fingerprint density at radius 1 is 1.24 bits per heavy atom. The Labute approximate surface area is 134 Å². The molecule has 0 radical (unpaired) electrons. The third-order valence-corrected chi connectivity index (χ3v) is 4.23. The summed E-state index contributed by atoms with van der Waals surface area (Å²) >= 11 is 7.57. The summed E-state index contributed by atoms with van der Waals surface area (Å²) in [4.78, 5) is 8.73. The summed E-state index contributed by atoms with van der Waals surface area (Å²) < 4.78 is 0. The van der Waals surface area contributed by atoms with E-state index in [-0.39, 0.29) is 0 Å². The highest BCUT2D eigenvalue weighted by Crippen LogP contribution is 2.10. The number of halogens is 1. The molecule has 0 saturated heterocycles. The molecule has 0 amide bonds. The van der Waals surface area contributed by atoms with E-state index < -0.39 is 0 Å². The molecule has 0 bridgehead atoms. The second kappa shape index (κ2) is 8.00. The molecular formula is C15H19ClN4S. The quantitative estimate of drug-likeness (QED) is 0.656. The molecular weight excluding hydrogens is 304 g/mol. The fourth-order valence-electron chi connectivity index (χ4n) is 1.78. The molecule has 2 aromatic rings. The fraction of sp³-hybridized carbons (Fsp3) is 0.333. The number of guanidine groups is 1. The van der Waals surface area contributed by atoms with Gasteiger partial charge in [-0.2, -0.15) is 0 Å². The monoisotopic (exact) mass is 322 g/mol. The minimum atomic E-state index is 0.677. The van der Waals surface area contributed by atoms with Gasteiger partial charge in [0.2, 0.25) is 0 Å². The second-order valence-electron chi connectivity index (χ2n) is 4.49. The zero-order valence-electron chi connectivity index (χ0n) is 12.2. The molecule has 1 aromatic carbocycles. The maximum Gasteiger partial charge on any atom is 0.191 e. The van der Waals surface area contributed by atoms with Crippen LogP contribution in [0.5, 0.6) is 0 Å². The Bertz CT molecular complexity index is 592. The van der Waals surface area contributed by atoms with Crippen LogP contribution in [0.4, 0.5) is 0 Å². The number of hydrogen-bond donors (Lipinski definition) is 2. The van der Waals surface area contributed by atoms with E-state index in [4.69, 9.17) is 11.6 Å². The summed E-state index contributed by atoms with van der Waals surface area (Å²) in [5.74, 6) is 0.760. The van der Waals surface area contributed by atoms with E-state index in [1.54, 1.807) is 18.4 Å². The molecule has 0 aliphatic rings. The summed E-state index contributed by atoms with van der Waals surface area (Å²) in [6, 6.07) is 7.76. The first kappa shape index (κ1) is 15.8. The highest BCUT2D eigenvalue weighted by atomic mass is 35.5. The largest absolute Gasteiger partial charge is 0.352 e. The first-order valence-electron chi connectivity index (χ1n) is 6.83. The van der Waals surface area contributed by atoms with E-state index in [2.05, 4.69) is 32.9 Å². The molecule has 0 fully saturated rings. The van der Waals surface area contributed by atoms with Gasteiger partial charge in [-0.3, -0.25) is 4.99 Å². The molecule has 21 heavy (non-hydrogen) atoms. The smallest absolute Gasteiger partial charge is 0.191 e.